The first-order chi connectivity index (χ1) is 12.1. The number of carbonyl (C=O) groups excluding carboxylic acids is 1. The summed E-state index contributed by atoms with van der Waals surface area (Å²) in [6.07, 6.45) is 3.10. The molecule has 0 spiro atoms. The SMILES string of the molecule is CCCCCN(CCO)C(=O)Nc1c(C)nn(-c2ccccc2)c1C. The number of urea groups is 1. The van der Waals surface area contributed by atoms with Gasteiger partial charge < -0.3 is 15.3 Å². The Morgan fingerprint density at radius 1 is 1.20 bits per heavy atom. The summed E-state index contributed by atoms with van der Waals surface area (Å²) in [6, 6.07) is 9.65. The molecule has 0 aliphatic rings. The number of nitrogens with zero attached hydrogens (tertiary/aromatic N) is 3. The fourth-order valence-corrected chi connectivity index (χ4v) is 2.82. The number of nitrogens with one attached hydrogen (secondary N) is 1. The first-order valence-corrected chi connectivity index (χ1v) is 8.87. The Morgan fingerprint density at radius 3 is 2.56 bits per heavy atom. The van der Waals surface area contributed by atoms with Gasteiger partial charge in [0.05, 0.1) is 29.4 Å². The number of benzene rings is 1. The Labute approximate surface area is 149 Å². The van der Waals surface area contributed by atoms with Crippen molar-refractivity contribution in [3.8, 4) is 5.69 Å². The van der Waals surface area contributed by atoms with Crippen molar-refractivity contribution in [3.63, 3.8) is 0 Å². The molecule has 136 valence electrons. The molecule has 6 nitrogen and oxygen atoms in total. The van der Waals surface area contributed by atoms with Crippen molar-refractivity contribution in [1.82, 2.24) is 14.7 Å². The number of hydrogen-bond donors (Lipinski definition) is 2. The highest BCUT2D eigenvalue weighted by Crippen LogP contribution is 2.23. The Balaban J connectivity index is 2.15. The lowest BCUT2D eigenvalue weighted by atomic mass is 10.2. The summed E-state index contributed by atoms with van der Waals surface area (Å²) in [5, 5.41) is 16.8. The maximum absolute atomic E-state index is 12.6. The van der Waals surface area contributed by atoms with Crippen LogP contribution in [0.5, 0.6) is 0 Å². The van der Waals surface area contributed by atoms with Crippen LogP contribution in [-0.2, 0) is 0 Å². The van der Waals surface area contributed by atoms with Crippen LogP contribution in [0.3, 0.4) is 0 Å². The lowest BCUT2D eigenvalue weighted by molar-refractivity contribution is 0.187. The third kappa shape index (κ3) is 4.82. The molecule has 0 saturated heterocycles. The van der Waals surface area contributed by atoms with Gasteiger partial charge in [0.15, 0.2) is 0 Å². The van der Waals surface area contributed by atoms with Crippen LogP contribution in [0.1, 0.15) is 37.6 Å². The second-order valence-corrected chi connectivity index (χ2v) is 6.14. The first kappa shape index (κ1) is 19.0. The van der Waals surface area contributed by atoms with Crippen molar-refractivity contribution in [2.24, 2.45) is 0 Å². The standard InChI is InChI=1S/C19H28N4O2/c1-4-5-9-12-22(13-14-24)19(25)20-18-15(2)21-23(16(18)3)17-10-7-6-8-11-17/h6-8,10-11,24H,4-5,9,12-14H2,1-3H3,(H,20,25). The molecule has 2 amide bonds. The number of carbonyl (C=O) groups is 1. The summed E-state index contributed by atoms with van der Waals surface area (Å²) >= 11 is 0. The van der Waals surface area contributed by atoms with E-state index in [9.17, 15) is 9.90 Å². The number of para-hydroxylation sites is 1. The van der Waals surface area contributed by atoms with E-state index in [-0.39, 0.29) is 12.6 Å². The number of rotatable bonds is 8. The lowest BCUT2D eigenvalue weighted by Gasteiger charge is -2.22. The van der Waals surface area contributed by atoms with Crippen molar-refractivity contribution in [2.45, 2.75) is 40.0 Å². The molecular formula is C19H28N4O2. The van der Waals surface area contributed by atoms with E-state index in [4.69, 9.17) is 0 Å². The predicted molar refractivity (Wildman–Crippen MR) is 100 cm³/mol. The van der Waals surface area contributed by atoms with Crippen LogP contribution in [-0.4, -0.2) is 45.5 Å². The zero-order chi connectivity index (χ0) is 18.2. The van der Waals surface area contributed by atoms with Crippen LogP contribution in [0, 0.1) is 13.8 Å². The third-order valence-corrected chi connectivity index (χ3v) is 4.21. The number of hydrogen-bond acceptors (Lipinski definition) is 3. The average molecular weight is 344 g/mol. The Bertz CT molecular complexity index is 682. The highest BCUT2D eigenvalue weighted by atomic mass is 16.3. The molecule has 0 fully saturated rings. The Hall–Kier alpha value is -2.34. The molecule has 2 aromatic rings. The topological polar surface area (TPSA) is 70.4 Å². The number of aliphatic hydroxyl groups excluding tert-OH is 1. The summed E-state index contributed by atoms with van der Waals surface area (Å²) in [7, 11) is 0. The van der Waals surface area contributed by atoms with E-state index in [2.05, 4.69) is 17.3 Å². The van der Waals surface area contributed by atoms with Gasteiger partial charge in [0.2, 0.25) is 0 Å². The molecule has 0 radical (unpaired) electrons. The molecule has 1 aromatic heterocycles. The number of aliphatic hydroxyl groups is 1. The van der Waals surface area contributed by atoms with Gasteiger partial charge in [-0.15, -0.1) is 0 Å². The van der Waals surface area contributed by atoms with Gasteiger partial charge in [0, 0.05) is 13.1 Å². The zero-order valence-corrected chi connectivity index (χ0v) is 15.3. The molecule has 1 aromatic carbocycles. The van der Waals surface area contributed by atoms with E-state index in [1.54, 1.807) is 4.90 Å². The molecule has 0 aliphatic heterocycles. The second-order valence-electron chi connectivity index (χ2n) is 6.14. The van der Waals surface area contributed by atoms with E-state index in [1.165, 1.54) is 0 Å². The van der Waals surface area contributed by atoms with Gasteiger partial charge in [-0.25, -0.2) is 9.48 Å². The molecule has 2 N–H and O–H groups in total. The number of anilines is 1. The summed E-state index contributed by atoms with van der Waals surface area (Å²) in [4.78, 5) is 14.3. The molecule has 0 saturated carbocycles. The first-order valence-electron chi connectivity index (χ1n) is 8.87. The van der Waals surface area contributed by atoms with Crippen LogP contribution in [0.4, 0.5) is 10.5 Å². The smallest absolute Gasteiger partial charge is 0.322 e. The van der Waals surface area contributed by atoms with E-state index < -0.39 is 0 Å². The van der Waals surface area contributed by atoms with Gasteiger partial charge in [-0.05, 0) is 32.4 Å². The maximum Gasteiger partial charge on any atom is 0.322 e. The third-order valence-electron chi connectivity index (χ3n) is 4.21. The summed E-state index contributed by atoms with van der Waals surface area (Å²) < 4.78 is 1.83. The second kappa shape index (κ2) is 9.22. The van der Waals surface area contributed by atoms with Gasteiger partial charge in [0.1, 0.15) is 0 Å². The Kier molecular flexibility index (Phi) is 7.01. The van der Waals surface area contributed by atoms with Crippen LogP contribution in [0.25, 0.3) is 5.69 Å². The molecule has 1 heterocycles. The monoisotopic (exact) mass is 344 g/mol. The van der Waals surface area contributed by atoms with Crippen LogP contribution >= 0.6 is 0 Å². The van der Waals surface area contributed by atoms with Crippen molar-refractivity contribution >= 4 is 11.7 Å². The van der Waals surface area contributed by atoms with E-state index >= 15 is 0 Å². The van der Waals surface area contributed by atoms with Crippen molar-refractivity contribution in [2.75, 3.05) is 25.0 Å². The number of aromatic nitrogens is 2. The zero-order valence-electron chi connectivity index (χ0n) is 15.3. The van der Waals surface area contributed by atoms with Gasteiger partial charge in [-0.3, -0.25) is 0 Å². The van der Waals surface area contributed by atoms with Gasteiger partial charge in [-0.2, -0.15) is 5.10 Å². The minimum absolute atomic E-state index is 0.0409. The van der Waals surface area contributed by atoms with Crippen LogP contribution in [0.15, 0.2) is 30.3 Å². The van der Waals surface area contributed by atoms with Crippen LogP contribution < -0.4 is 5.32 Å². The molecule has 0 atom stereocenters. The van der Waals surface area contributed by atoms with Crippen molar-refractivity contribution in [1.29, 1.82) is 0 Å². The van der Waals surface area contributed by atoms with E-state index in [0.29, 0.717) is 13.1 Å². The minimum atomic E-state index is -0.191. The highest BCUT2D eigenvalue weighted by molar-refractivity contribution is 5.90. The van der Waals surface area contributed by atoms with E-state index in [1.807, 2.05) is 48.9 Å². The Morgan fingerprint density at radius 2 is 1.92 bits per heavy atom. The molecule has 0 bridgehead atoms. The normalized spacial score (nSPS) is 10.7. The van der Waals surface area contributed by atoms with E-state index in [0.717, 1.165) is 42.0 Å². The molecule has 0 aliphatic carbocycles. The predicted octanol–water partition coefficient (Wildman–Crippen LogP) is 3.51. The van der Waals surface area contributed by atoms with Gasteiger partial charge in [0.25, 0.3) is 0 Å². The molecular weight excluding hydrogens is 316 g/mol. The number of aryl methyl sites for hydroxylation is 1. The largest absolute Gasteiger partial charge is 0.395 e. The quantitative estimate of drug-likeness (QED) is 0.720. The molecule has 6 heteroatoms. The van der Waals surface area contributed by atoms with Gasteiger partial charge >= 0.3 is 6.03 Å². The molecule has 2 rings (SSSR count). The minimum Gasteiger partial charge on any atom is -0.395 e. The lowest BCUT2D eigenvalue weighted by Crippen LogP contribution is -2.38. The van der Waals surface area contributed by atoms with Crippen molar-refractivity contribution < 1.29 is 9.90 Å². The summed E-state index contributed by atoms with van der Waals surface area (Å²) in [5.41, 5.74) is 3.34. The van der Waals surface area contributed by atoms with Crippen molar-refractivity contribution in [3.05, 3.63) is 41.7 Å². The van der Waals surface area contributed by atoms with Crippen LogP contribution in [0.2, 0.25) is 0 Å². The average Bonchev–Trinajstić information content (AvgIpc) is 2.90. The summed E-state index contributed by atoms with van der Waals surface area (Å²) in [6.45, 7) is 6.89. The summed E-state index contributed by atoms with van der Waals surface area (Å²) in [5.74, 6) is 0. The maximum atomic E-state index is 12.6. The highest BCUT2D eigenvalue weighted by Gasteiger charge is 2.18. The molecule has 25 heavy (non-hydrogen) atoms. The fourth-order valence-electron chi connectivity index (χ4n) is 2.82. The molecule has 0 unspecified atom stereocenters. The number of unbranched alkanes of at least 4 members (excludes halogenated alkanes) is 2. The van der Waals surface area contributed by atoms with Gasteiger partial charge in [-0.1, -0.05) is 38.0 Å². The number of amides is 2. The fraction of sp³-hybridized carbons (Fsp3) is 0.474.